The van der Waals surface area contributed by atoms with Crippen LogP contribution in [0.4, 0.5) is 11.4 Å². The summed E-state index contributed by atoms with van der Waals surface area (Å²) in [6.07, 6.45) is 3.39. The minimum Gasteiger partial charge on any atom is -0.373 e. The number of rotatable bonds is 5. The van der Waals surface area contributed by atoms with Gasteiger partial charge in [0.25, 0.3) is 5.69 Å². The molecular formula is C16H14N4O2. The highest BCUT2D eigenvalue weighted by Crippen LogP contribution is 2.26. The van der Waals surface area contributed by atoms with Crippen LogP contribution in [-0.4, -0.2) is 14.9 Å². The number of nitrogens with one attached hydrogen (secondary N) is 2. The highest BCUT2D eigenvalue weighted by Gasteiger charge is 2.15. The SMILES string of the molecule is O=[N+]([O-])c1ccc(NC(c2ccccc2)c2cnc[nH]2)cc1. The predicted octanol–water partition coefficient (Wildman–Crippen LogP) is 3.52. The Hall–Kier alpha value is -3.15. The average Bonchev–Trinajstić information content (AvgIpc) is 3.08. The summed E-state index contributed by atoms with van der Waals surface area (Å²) in [5.41, 5.74) is 2.87. The first-order valence-electron chi connectivity index (χ1n) is 6.78. The van der Waals surface area contributed by atoms with Crippen LogP contribution in [0.5, 0.6) is 0 Å². The van der Waals surface area contributed by atoms with Gasteiger partial charge in [-0.1, -0.05) is 30.3 Å². The van der Waals surface area contributed by atoms with E-state index in [4.69, 9.17) is 0 Å². The van der Waals surface area contributed by atoms with Crippen LogP contribution in [0.1, 0.15) is 17.3 Å². The molecular weight excluding hydrogens is 280 g/mol. The van der Waals surface area contributed by atoms with Crippen molar-refractivity contribution in [2.24, 2.45) is 0 Å². The van der Waals surface area contributed by atoms with Crippen molar-refractivity contribution in [3.63, 3.8) is 0 Å². The van der Waals surface area contributed by atoms with Crippen LogP contribution in [0, 0.1) is 10.1 Å². The molecule has 0 radical (unpaired) electrons. The third-order valence-corrected chi connectivity index (χ3v) is 3.35. The number of nitrogens with zero attached hydrogens (tertiary/aromatic N) is 2. The van der Waals surface area contributed by atoms with Crippen LogP contribution < -0.4 is 5.32 Å². The Morgan fingerprint density at radius 1 is 1.09 bits per heavy atom. The number of aromatic amines is 1. The van der Waals surface area contributed by atoms with Gasteiger partial charge in [-0.2, -0.15) is 0 Å². The molecule has 0 amide bonds. The van der Waals surface area contributed by atoms with Crippen LogP contribution in [-0.2, 0) is 0 Å². The predicted molar refractivity (Wildman–Crippen MR) is 83.6 cm³/mol. The van der Waals surface area contributed by atoms with Crippen molar-refractivity contribution in [2.45, 2.75) is 6.04 Å². The molecule has 2 aromatic carbocycles. The number of nitro groups is 1. The normalized spacial score (nSPS) is 11.8. The van der Waals surface area contributed by atoms with Gasteiger partial charge in [-0.05, 0) is 17.7 Å². The standard InChI is InChI=1S/C16H14N4O2/c21-20(22)14-8-6-13(7-9-14)19-16(15-10-17-11-18-15)12-4-2-1-3-5-12/h1-11,16,19H,(H,17,18). The first-order valence-corrected chi connectivity index (χ1v) is 6.78. The van der Waals surface area contributed by atoms with Gasteiger partial charge in [0.2, 0.25) is 0 Å². The van der Waals surface area contributed by atoms with E-state index in [0.29, 0.717) is 0 Å². The molecule has 0 bridgehead atoms. The second-order valence-electron chi connectivity index (χ2n) is 4.80. The van der Waals surface area contributed by atoms with E-state index in [9.17, 15) is 10.1 Å². The quantitative estimate of drug-likeness (QED) is 0.557. The number of anilines is 1. The molecule has 1 atom stereocenters. The Bertz CT molecular complexity index is 740. The van der Waals surface area contributed by atoms with Gasteiger partial charge in [0.1, 0.15) is 0 Å². The molecule has 3 rings (SSSR count). The average molecular weight is 294 g/mol. The Kier molecular flexibility index (Phi) is 3.82. The Morgan fingerprint density at radius 3 is 2.41 bits per heavy atom. The summed E-state index contributed by atoms with van der Waals surface area (Å²) in [6.45, 7) is 0. The van der Waals surface area contributed by atoms with Crippen molar-refractivity contribution < 1.29 is 4.92 Å². The number of aromatic nitrogens is 2. The summed E-state index contributed by atoms with van der Waals surface area (Å²) in [4.78, 5) is 17.5. The summed E-state index contributed by atoms with van der Waals surface area (Å²) >= 11 is 0. The van der Waals surface area contributed by atoms with Gasteiger partial charge in [0.05, 0.1) is 29.2 Å². The maximum atomic E-state index is 10.7. The Labute approximate surface area is 127 Å². The van der Waals surface area contributed by atoms with Crippen LogP contribution >= 0.6 is 0 Å². The zero-order valence-corrected chi connectivity index (χ0v) is 11.6. The summed E-state index contributed by atoms with van der Waals surface area (Å²) in [7, 11) is 0. The fourth-order valence-electron chi connectivity index (χ4n) is 2.26. The summed E-state index contributed by atoms with van der Waals surface area (Å²) < 4.78 is 0. The highest BCUT2D eigenvalue weighted by atomic mass is 16.6. The van der Waals surface area contributed by atoms with E-state index in [-0.39, 0.29) is 11.7 Å². The topological polar surface area (TPSA) is 83.8 Å². The number of nitro benzene ring substituents is 1. The lowest BCUT2D eigenvalue weighted by molar-refractivity contribution is -0.384. The number of hydrogen-bond donors (Lipinski definition) is 2. The summed E-state index contributed by atoms with van der Waals surface area (Å²) in [5.74, 6) is 0. The molecule has 0 aliphatic rings. The molecule has 1 aromatic heterocycles. The van der Waals surface area contributed by atoms with Gasteiger partial charge in [0.15, 0.2) is 0 Å². The molecule has 0 spiro atoms. The minimum absolute atomic E-state index is 0.0725. The fraction of sp³-hybridized carbons (Fsp3) is 0.0625. The number of hydrogen-bond acceptors (Lipinski definition) is 4. The molecule has 6 nitrogen and oxygen atoms in total. The molecule has 0 saturated heterocycles. The number of H-pyrrole nitrogens is 1. The van der Waals surface area contributed by atoms with E-state index in [1.54, 1.807) is 24.7 Å². The second kappa shape index (κ2) is 6.09. The summed E-state index contributed by atoms with van der Waals surface area (Å²) in [5, 5.41) is 14.1. The van der Waals surface area contributed by atoms with Gasteiger partial charge in [-0.25, -0.2) is 4.98 Å². The molecule has 2 N–H and O–H groups in total. The van der Waals surface area contributed by atoms with Crippen LogP contribution in [0.2, 0.25) is 0 Å². The lowest BCUT2D eigenvalue weighted by Crippen LogP contribution is -2.12. The molecule has 0 aliphatic heterocycles. The number of benzene rings is 2. The second-order valence-corrected chi connectivity index (χ2v) is 4.80. The first-order chi connectivity index (χ1) is 10.7. The van der Waals surface area contributed by atoms with E-state index in [2.05, 4.69) is 15.3 Å². The van der Waals surface area contributed by atoms with Crippen molar-refractivity contribution >= 4 is 11.4 Å². The van der Waals surface area contributed by atoms with Gasteiger partial charge >= 0.3 is 0 Å². The minimum atomic E-state index is -0.409. The van der Waals surface area contributed by atoms with Crippen molar-refractivity contribution in [2.75, 3.05) is 5.32 Å². The van der Waals surface area contributed by atoms with Crippen LogP contribution in [0.15, 0.2) is 67.1 Å². The van der Waals surface area contributed by atoms with Gasteiger partial charge < -0.3 is 10.3 Å². The van der Waals surface area contributed by atoms with Crippen molar-refractivity contribution in [1.82, 2.24) is 9.97 Å². The number of non-ortho nitro benzene ring substituents is 1. The van der Waals surface area contributed by atoms with Gasteiger partial charge in [-0.3, -0.25) is 10.1 Å². The van der Waals surface area contributed by atoms with Crippen LogP contribution in [0.3, 0.4) is 0 Å². The third kappa shape index (κ3) is 2.95. The number of imidazole rings is 1. The molecule has 110 valence electrons. The monoisotopic (exact) mass is 294 g/mol. The molecule has 0 saturated carbocycles. The van der Waals surface area contributed by atoms with Crippen molar-refractivity contribution in [3.8, 4) is 0 Å². The zero-order valence-electron chi connectivity index (χ0n) is 11.6. The molecule has 1 heterocycles. The third-order valence-electron chi connectivity index (χ3n) is 3.35. The fourth-order valence-corrected chi connectivity index (χ4v) is 2.26. The lowest BCUT2D eigenvalue weighted by Gasteiger charge is -2.19. The molecule has 1 unspecified atom stereocenters. The van der Waals surface area contributed by atoms with Crippen molar-refractivity contribution in [1.29, 1.82) is 0 Å². The van der Waals surface area contributed by atoms with E-state index in [1.807, 2.05) is 30.3 Å². The van der Waals surface area contributed by atoms with Crippen LogP contribution in [0.25, 0.3) is 0 Å². The maximum absolute atomic E-state index is 10.7. The molecule has 3 aromatic rings. The summed E-state index contributed by atoms with van der Waals surface area (Å²) in [6, 6.07) is 16.2. The molecule has 0 aliphatic carbocycles. The highest BCUT2D eigenvalue weighted by molar-refractivity contribution is 5.51. The van der Waals surface area contributed by atoms with E-state index in [1.165, 1.54) is 12.1 Å². The lowest BCUT2D eigenvalue weighted by atomic mass is 10.0. The van der Waals surface area contributed by atoms with E-state index in [0.717, 1.165) is 16.9 Å². The molecule has 6 heteroatoms. The smallest absolute Gasteiger partial charge is 0.269 e. The Balaban J connectivity index is 1.89. The Morgan fingerprint density at radius 2 is 1.82 bits per heavy atom. The van der Waals surface area contributed by atoms with E-state index >= 15 is 0 Å². The largest absolute Gasteiger partial charge is 0.373 e. The van der Waals surface area contributed by atoms with E-state index < -0.39 is 4.92 Å². The zero-order chi connectivity index (χ0) is 15.4. The first kappa shape index (κ1) is 13.8. The molecule has 22 heavy (non-hydrogen) atoms. The van der Waals surface area contributed by atoms with Gasteiger partial charge in [0, 0.05) is 17.8 Å². The molecule has 0 fully saturated rings. The van der Waals surface area contributed by atoms with Crippen molar-refractivity contribution in [3.05, 3.63) is 88.5 Å². The maximum Gasteiger partial charge on any atom is 0.269 e. The van der Waals surface area contributed by atoms with Gasteiger partial charge in [-0.15, -0.1) is 0 Å².